The Kier molecular flexibility index (Phi) is 5.86. The van der Waals surface area contributed by atoms with Gasteiger partial charge in [-0.3, -0.25) is 5.10 Å². The first-order chi connectivity index (χ1) is 16.6. The number of nitrogens with zero attached hydrogens (tertiary/aromatic N) is 2. The van der Waals surface area contributed by atoms with Crippen LogP contribution in [0.25, 0.3) is 27.5 Å². The molecule has 5 rings (SSSR count). The fraction of sp³-hybridized carbons (Fsp3) is 0.192. The van der Waals surface area contributed by atoms with Crippen LogP contribution in [0.1, 0.15) is 18.5 Å². The summed E-state index contributed by atoms with van der Waals surface area (Å²) >= 11 is 0. The summed E-state index contributed by atoms with van der Waals surface area (Å²) in [5.41, 5.74) is 17.9. The van der Waals surface area contributed by atoms with E-state index in [4.69, 9.17) is 11.5 Å². The van der Waals surface area contributed by atoms with Gasteiger partial charge in [-0.25, -0.2) is 0 Å². The molecule has 0 radical (unpaired) electrons. The maximum absolute atomic E-state index is 5.64. The largest absolute Gasteiger partial charge is 0.405 e. The number of aromatic amines is 2. The van der Waals surface area contributed by atoms with E-state index in [1.807, 2.05) is 6.20 Å². The van der Waals surface area contributed by atoms with Crippen molar-refractivity contribution < 1.29 is 0 Å². The van der Waals surface area contributed by atoms with Crippen molar-refractivity contribution in [3.05, 3.63) is 85.1 Å². The number of aromatic nitrogens is 3. The molecule has 2 aromatic heterocycles. The molecule has 1 aliphatic rings. The van der Waals surface area contributed by atoms with Crippen LogP contribution >= 0.6 is 0 Å². The molecule has 1 unspecified atom stereocenters. The van der Waals surface area contributed by atoms with Crippen LogP contribution in [0.4, 0.5) is 11.4 Å². The van der Waals surface area contributed by atoms with Gasteiger partial charge in [-0.05, 0) is 61.5 Å². The molecular formula is C26H30N8. The SMILES string of the molecule is C=C(NC(/C=C\N)=C/N)c1cc2ccc(N3CCCC(Nc4ccc5[nH]ncc5c4)C3)cc2[nH]1. The Hall–Kier alpha value is -4.33. The Balaban J connectivity index is 1.29. The molecule has 3 heterocycles. The Morgan fingerprint density at radius 1 is 1.12 bits per heavy atom. The number of rotatable bonds is 7. The lowest BCUT2D eigenvalue weighted by Gasteiger charge is -2.35. The molecule has 8 N–H and O–H groups in total. The molecule has 4 aromatic rings. The highest BCUT2D eigenvalue weighted by molar-refractivity contribution is 5.87. The molecule has 8 nitrogen and oxygen atoms in total. The highest BCUT2D eigenvalue weighted by atomic mass is 15.2. The zero-order valence-electron chi connectivity index (χ0n) is 19.0. The topological polar surface area (TPSA) is 124 Å². The van der Waals surface area contributed by atoms with Crippen molar-refractivity contribution in [1.29, 1.82) is 0 Å². The number of anilines is 2. The van der Waals surface area contributed by atoms with E-state index in [1.165, 1.54) is 18.1 Å². The Morgan fingerprint density at radius 2 is 2.03 bits per heavy atom. The molecule has 2 aromatic carbocycles. The van der Waals surface area contributed by atoms with Gasteiger partial charge in [0.15, 0.2) is 0 Å². The molecule has 1 fully saturated rings. The predicted octanol–water partition coefficient (Wildman–Crippen LogP) is 3.96. The number of piperidine rings is 1. The highest BCUT2D eigenvalue weighted by Gasteiger charge is 2.21. The van der Waals surface area contributed by atoms with Crippen molar-refractivity contribution in [3.8, 4) is 0 Å². The first-order valence-corrected chi connectivity index (χ1v) is 11.5. The molecule has 8 heteroatoms. The maximum Gasteiger partial charge on any atom is 0.0651 e. The van der Waals surface area contributed by atoms with Gasteiger partial charge < -0.3 is 32.0 Å². The first-order valence-electron chi connectivity index (χ1n) is 11.5. The number of hydrogen-bond donors (Lipinski definition) is 6. The summed E-state index contributed by atoms with van der Waals surface area (Å²) in [6.07, 6.45) is 8.74. The number of benzene rings is 2. The number of fused-ring (bicyclic) bond motifs is 2. The third-order valence-corrected chi connectivity index (χ3v) is 6.28. The smallest absolute Gasteiger partial charge is 0.0651 e. The molecule has 0 aliphatic carbocycles. The number of nitrogens with two attached hydrogens (primary N) is 2. The Morgan fingerprint density at radius 3 is 2.88 bits per heavy atom. The van der Waals surface area contributed by atoms with E-state index in [2.05, 4.69) is 79.8 Å². The van der Waals surface area contributed by atoms with Gasteiger partial charge >= 0.3 is 0 Å². The van der Waals surface area contributed by atoms with Gasteiger partial charge in [-0.15, -0.1) is 0 Å². The van der Waals surface area contributed by atoms with E-state index in [-0.39, 0.29) is 0 Å². The summed E-state index contributed by atoms with van der Waals surface area (Å²) < 4.78 is 0. The minimum absolute atomic E-state index is 0.383. The van der Waals surface area contributed by atoms with Gasteiger partial charge in [-0.2, -0.15) is 5.10 Å². The highest BCUT2D eigenvalue weighted by Crippen LogP contribution is 2.28. The molecule has 174 valence electrons. The second-order valence-corrected chi connectivity index (χ2v) is 8.64. The zero-order valence-corrected chi connectivity index (χ0v) is 19.0. The predicted molar refractivity (Wildman–Crippen MR) is 141 cm³/mol. The number of hydrogen-bond acceptors (Lipinski definition) is 6. The fourth-order valence-electron chi connectivity index (χ4n) is 4.56. The van der Waals surface area contributed by atoms with Crippen LogP contribution in [-0.2, 0) is 0 Å². The van der Waals surface area contributed by atoms with Crippen molar-refractivity contribution in [1.82, 2.24) is 20.5 Å². The van der Waals surface area contributed by atoms with Gasteiger partial charge in [0.1, 0.15) is 0 Å². The summed E-state index contributed by atoms with van der Waals surface area (Å²) in [7, 11) is 0. The number of nitrogens with one attached hydrogen (secondary N) is 4. The van der Waals surface area contributed by atoms with E-state index in [0.717, 1.165) is 64.8 Å². The monoisotopic (exact) mass is 454 g/mol. The number of H-pyrrole nitrogens is 2. The quantitative estimate of drug-likeness (QED) is 0.235. The van der Waals surface area contributed by atoms with Gasteiger partial charge in [0.2, 0.25) is 0 Å². The van der Waals surface area contributed by atoms with Crippen molar-refractivity contribution in [2.45, 2.75) is 18.9 Å². The normalized spacial score (nSPS) is 17.0. The second kappa shape index (κ2) is 9.27. The average molecular weight is 455 g/mol. The third kappa shape index (κ3) is 4.43. The molecule has 0 amide bonds. The summed E-state index contributed by atoms with van der Waals surface area (Å²) in [6.45, 7) is 6.12. The van der Waals surface area contributed by atoms with Gasteiger partial charge in [-0.1, -0.05) is 12.6 Å². The molecule has 1 aliphatic heterocycles. The van der Waals surface area contributed by atoms with Crippen LogP contribution in [0.15, 0.2) is 79.4 Å². The fourth-order valence-corrected chi connectivity index (χ4v) is 4.56. The van der Waals surface area contributed by atoms with Crippen molar-refractivity contribution in [3.63, 3.8) is 0 Å². The minimum atomic E-state index is 0.383. The second-order valence-electron chi connectivity index (χ2n) is 8.64. The Bertz CT molecular complexity index is 1380. The van der Waals surface area contributed by atoms with E-state index >= 15 is 0 Å². The van der Waals surface area contributed by atoms with Crippen LogP contribution < -0.4 is 27.0 Å². The van der Waals surface area contributed by atoms with E-state index < -0.39 is 0 Å². The van der Waals surface area contributed by atoms with Gasteiger partial charge in [0.25, 0.3) is 0 Å². The van der Waals surface area contributed by atoms with E-state index in [0.29, 0.717) is 11.7 Å². The molecule has 0 spiro atoms. The van der Waals surface area contributed by atoms with Gasteiger partial charge in [0.05, 0.1) is 28.8 Å². The summed E-state index contributed by atoms with van der Waals surface area (Å²) in [5.74, 6) is 0. The molecule has 34 heavy (non-hydrogen) atoms. The average Bonchev–Trinajstić information content (AvgIpc) is 3.50. The lowest BCUT2D eigenvalue weighted by atomic mass is 10.0. The molecule has 0 bridgehead atoms. The van der Waals surface area contributed by atoms with E-state index in [1.54, 1.807) is 6.08 Å². The minimum Gasteiger partial charge on any atom is -0.405 e. The molecule has 0 saturated carbocycles. The molecular weight excluding hydrogens is 424 g/mol. The standard InChI is InChI=1S/C26H30N8/c1-17(30-21(14-28)8-9-27)25-12-18-4-6-23(13-26(18)32-25)34-10-2-3-22(16-34)31-20-5-7-24-19(11-20)15-29-33-24/h4-9,11-15,22,30-32H,1-3,10,16,27-28H2,(H,29,33)/b9-8-,21-14+. The van der Waals surface area contributed by atoms with Crippen molar-refractivity contribution in [2.75, 3.05) is 23.3 Å². The van der Waals surface area contributed by atoms with Crippen LogP contribution in [0, 0.1) is 0 Å². The first kappa shape index (κ1) is 21.5. The molecule has 1 saturated heterocycles. The van der Waals surface area contributed by atoms with Crippen LogP contribution in [-0.4, -0.2) is 34.3 Å². The van der Waals surface area contributed by atoms with Gasteiger partial charge in [0, 0.05) is 53.0 Å². The summed E-state index contributed by atoms with van der Waals surface area (Å²) in [4.78, 5) is 5.93. The zero-order chi connectivity index (χ0) is 23.5. The lowest BCUT2D eigenvalue weighted by molar-refractivity contribution is 0.530. The van der Waals surface area contributed by atoms with Crippen molar-refractivity contribution >= 4 is 38.9 Å². The van der Waals surface area contributed by atoms with Crippen LogP contribution in [0.3, 0.4) is 0 Å². The maximum atomic E-state index is 5.64. The van der Waals surface area contributed by atoms with E-state index in [9.17, 15) is 0 Å². The summed E-state index contributed by atoms with van der Waals surface area (Å²) in [5, 5.41) is 16.3. The summed E-state index contributed by atoms with van der Waals surface area (Å²) in [6, 6.07) is 15.4. The Labute approximate surface area is 198 Å². The molecule has 1 atom stereocenters. The third-order valence-electron chi connectivity index (χ3n) is 6.28. The van der Waals surface area contributed by atoms with Crippen LogP contribution in [0.2, 0.25) is 0 Å². The number of allylic oxidation sites excluding steroid dienone is 1. The lowest BCUT2D eigenvalue weighted by Crippen LogP contribution is -2.42. The van der Waals surface area contributed by atoms with Crippen LogP contribution in [0.5, 0.6) is 0 Å². The van der Waals surface area contributed by atoms with Crippen molar-refractivity contribution in [2.24, 2.45) is 11.5 Å².